The third-order valence-corrected chi connectivity index (χ3v) is 7.58. The molecule has 0 N–H and O–H groups in total. The highest BCUT2D eigenvalue weighted by Gasteiger charge is 2.50. The molecule has 3 aliphatic rings. The third-order valence-electron chi connectivity index (χ3n) is 6.36. The zero-order valence-electron chi connectivity index (χ0n) is 13.9. The van der Waals surface area contributed by atoms with Crippen LogP contribution in [0.25, 0.3) is 0 Å². The second kappa shape index (κ2) is 5.49. The number of fused-ring (bicyclic) bond motifs is 2. The lowest BCUT2D eigenvalue weighted by molar-refractivity contribution is -0.134. The Labute approximate surface area is 147 Å². The molecule has 2 aromatic rings. The molecule has 1 heterocycles. The van der Waals surface area contributed by atoms with E-state index in [4.69, 9.17) is 0 Å². The maximum Gasteiger partial charge on any atom is 0.146 e. The Morgan fingerprint density at radius 1 is 0.958 bits per heavy atom. The summed E-state index contributed by atoms with van der Waals surface area (Å²) < 4.78 is 0. The number of benzene rings is 2. The van der Waals surface area contributed by atoms with Crippen LogP contribution in [0.2, 0.25) is 0 Å². The highest BCUT2D eigenvalue weighted by atomic mass is 32.2. The molecule has 1 nitrogen and oxygen atoms in total. The molecule has 2 fully saturated rings. The van der Waals surface area contributed by atoms with Gasteiger partial charge in [0, 0.05) is 15.7 Å². The lowest BCUT2D eigenvalue weighted by Crippen LogP contribution is -2.48. The summed E-state index contributed by atoms with van der Waals surface area (Å²) in [5.41, 5.74) is 4.02. The number of hydrogen-bond acceptors (Lipinski definition) is 2. The molecular weight excluding hydrogens is 312 g/mol. The first kappa shape index (κ1) is 14.8. The summed E-state index contributed by atoms with van der Waals surface area (Å²) in [4.78, 5) is 16.0. The molecule has 0 radical (unpaired) electrons. The molecule has 0 spiro atoms. The molecule has 0 amide bonds. The Balaban J connectivity index is 1.59. The monoisotopic (exact) mass is 334 g/mol. The molecule has 2 aromatic carbocycles. The lowest BCUT2D eigenvalue weighted by atomic mass is 9.56. The van der Waals surface area contributed by atoms with E-state index in [-0.39, 0.29) is 5.41 Å². The standard InChI is InChI=1S/C22H22OS/c23-21(15-7-3-8-15)22(12-5-13-22)18-9-4-11-20-17(18)14-16-6-1-2-10-19(16)24-20/h1-2,4,6,9-11,15H,3,5,7-8,12-14H2. The number of rotatable bonds is 3. The van der Waals surface area contributed by atoms with Crippen molar-refractivity contribution in [3.63, 3.8) is 0 Å². The lowest BCUT2D eigenvalue weighted by Gasteiger charge is -2.46. The maximum atomic E-state index is 13.3. The summed E-state index contributed by atoms with van der Waals surface area (Å²) in [5.74, 6) is 0.891. The van der Waals surface area contributed by atoms with Gasteiger partial charge in [-0.3, -0.25) is 4.79 Å². The van der Waals surface area contributed by atoms with E-state index in [0.717, 1.165) is 32.1 Å². The Morgan fingerprint density at radius 3 is 2.46 bits per heavy atom. The van der Waals surface area contributed by atoms with Crippen LogP contribution in [-0.2, 0) is 16.6 Å². The molecule has 122 valence electrons. The number of carbonyl (C=O) groups is 1. The number of Topliss-reactive ketones (excluding diaryl/α,β-unsaturated/α-hetero) is 1. The minimum Gasteiger partial charge on any atom is -0.298 e. The van der Waals surface area contributed by atoms with Gasteiger partial charge in [0.25, 0.3) is 0 Å². The van der Waals surface area contributed by atoms with Crippen molar-refractivity contribution in [1.82, 2.24) is 0 Å². The molecule has 24 heavy (non-hydrogen) atoms. The highest BCUT2D eigenvalue weighted by molar-refractivity contribution is 7.99. The predicted octanol–water partition coefficient (Wildman–Crippen LogP) is 5.53. The quantitative estimate of drug-likeness (QED) is 0.626. The van der Waals surface area contributed by atoms with Gasteiger partial charge < -0.3 is 0 Å². The summed E-state index contributed by atoms with van der Waals surface area (Å²) in [6, 6.07) is 15.4. The molecule has 0 atom stereocenters. The smallest absolute Gasteiger partial charge is 0.146 e. The molecule has 0 aromatic heterocycles. The fourth-order valence-corrected chi connectivity index (χ4v) is 5.70. The summed E-state index contributed by atoms with van der Waals surface area (Å²) in [7, 11) is 0. The SMILES string of the molecule is O=C(C1CCC1)C1(c2cccc3c2Cc2ccccc2S3)CCC1. The van der Waals surface area contributed by atoms with Gasteiger partial charge in [-0.05, 0) is 60.9 Å². The molecule has 0 unspecified atom stereocenters. The number of carbonyl (C=O) groups excluding carboxylic acids is 1. The van der Waals surface area contributed by atoms with Crippen LogP contribution < -0.4 is 0 Å². The second-order valence-electron chi connectivity index (χ2n) is 7.60. The van der Waals surface area contributed by atoms with E-state index in [9.17, 15) is 4.79 Å². The Bertz CT molecular complexity index is 814. The van der Waals surface area contributed by atoms with Crippen molar-refractivity contribution in [1.29, 1.82) is 0 Å². The third kappa shape index (κ3) is 2.05. The van der Waals surface area contributed by atoms with Gasteiger partial charge in [0.1, 0.15) is 5.78 Å². The van der Waals surface area contributed by atoms with Crippen molar-refractivity contribution in [3.05, 3.63) is 59.2 Å². The van der Waals surface area contributed by atoms with Crippen LogP contribution >= 0.6 is 11.8 Å². The predicted molar refractivity (Wildman–Crippen MR) is 97.7 cm³/mol. The first-order chi connectivity index (χ1) is 11.8. The van der Waals surface area contributed by atoms with E-state index in [0.29, 0.717) is 11.7 Å². The summed E-state index contributed by atoms with van der Waals surface area (Å²) in [6.07, 6.45) is 7.78. The molecule has 5 rings (SSSR count). The number of ketones is 1. The van der Waals surface area contributed by atoms with Crippen LogP contribution in [0, 0.1) is 5.92 Å². The van der Waals surface area contributed by atoms with Crippen LogP contribution in [0.3, 0.4) is 0 Å². The summed E-state index contributed by atoms with van der Waals surface area (Å²) in [6.45, 7) is 0. The fourth-order valence-electron chi connectivity index (χ4n) is 4.59. The maximum absolute atomic E-state index is 13.3. The van der Waals surface area contributed by atoms with Crippen molar-refractivity contribution in [2.24, 2.45) is 5.92 Å². The average Bonchev–Trinajstić information content (AvgIpc) is 2.50. The van der Waals surface area contributed by atoms with Gasteiger partial charge in [0.05, 0.1) is 5.41 Å². The molecule has 0 bridgehead atoms. The Kier molecular flexibility index (Phi) is 3.38. The van der Waals surface area contributed by atoms with E-state index in [1.165, 1.54) is 39.3 Å². The minimum absolute atomic E-state index is 0.163. The fraction of sp³-hybridized carbons (Fsp3) is 0.409. The number of hydrogen-bond donors (Lipinski definition) is 0. The van der Waals surface area contributed by atoms with Crippen LogP contribution in [-0.4, -0.2) is 5.78 Å². The van der Waals surface area contributed by atoms with Gasteiger partial charge in [-0.1, -0.05) is 54.9 Å². The van der Waals surface area contributed by atoms with E-state index >= 15 is 0 Å². The largest absolute Gasteiger partial charge is 0.298 e. The molecular formula is C22H22OS. The molecule has 2 aliphatic carbocycles. The second-order valence-corrected chi connectivity index (χ2v) is 8.68. The van der Waals surface area contributed by atoms with Crippen molar-refractivity contribution in [3.8, 4) is 0 Å². The Morgan fingerprint density at radius 2 is 1.75 bits per heavy atom. The molecule has 2 heteroatoms. The summed E-state index contributed by atoms with van der Waals surface area (Å²) in [5, 5.41) is 0. The average molecular weight is 334 g/mol. The minimum atomic E-state index is -0.163. The van der Waals surface area contributed by atoms with Gasteiger partial charge in [0.2, 0.25) is 0 Å². The van der Waals surface area contributed by atoms with Gasteiger partial charge >= 0.3 is 0 Å². The van der Waals surface area contributed by atoms with Crippen LogP contribution in [0.4, 0.5) is 0 Å². The van der Waals surface area contributed by atoms with Gasteiger partial charge in [-0.15, -0.1) is 0 Å². The van der Waals surface area contributed by atoms with E-state index in [1.807, 2.05) is 11.8 Å². The van der Waals surface area contributed by atoms with Gasteiger partial charge in [-0.2, -0.15) is 0 Å². The first-order valence-electron chi connectivity index (χ1n) is 9.20. The molecule has 0 saturated heterocycles. The van der Waals surface area contributed by atoms with Crippen LogP contribution in [0.5, 0.6) is 0 Å². The van der Waals surface area contributed by atoms with Gasteiger partial charge in [-0.25, -0.2) is 0 Å². The molecule has 2 saturated carbocycles. The van der Waals surface area contributed by atoms with Crippen molar-refractivity contribution in [2.45, 2.75) is 60.2 Å². The van der Waals surface area contributed by atoms with E-state index in [2.05, 4.69) is 42.5 Å². The highest BCUT2D eigenvalue weighted by Crippen LogP contribution is 2.52. The normalized spacial score (nSPS) is 21.2. The first-order valence-corrected chi connectivity index (χ1v) is 10.0. The molecule has 1 aliphatic heterocycles. The van der Waals surface area contributed by atoms with Crippen molar-refractivity contribution in [2.75, 3.05) is 0 Å². The zero-order valence-corrected chi connectivity index (χ0v) is 14.7. The summed E-state index contributed by atoms with van der Waals surface area (Å²) >= 11 is 1.88. The van der Waals surface area contributed by atoms with Crippen molar-refractivity contribution >= 4 is 17.5 Å². The van der Waals surface area contributed by atoms with Crippen LogP contribution in [0.15, 0.2) is 52.3 Å². The van der Waals surface area contributed by atoms with E-state index in [1.54, 1.807) is 0 Å². The zero-order chi connectivity index (χ0) is 16.1. The van der Waals surface area contributed by atoms with E-state index < -0.39 is 0 Å². The van der Waals surface area contributed by atoms with Crippen LogP contribution in [0.1, 0.15) is 55.2 Å². The topological polar surface area (TPSA) is 17.1 Å². The van der Waals surface area contributed by atoms with Gasteiger partial charge in [0.15, 0.2) is 0 Å². The Hall–Kier alpha value is -1.54. The van der Waals surface area contributed by atoms with Crippen molar-refractivity contribution < 1.29 is 4.79 Å².